The van der Waals surface area contributed by atoms with Gasteiger partial charge in [0.2, 0.25) is 0 Å². The summed E-state index contributed by atoms with van der Waals surface area (Å²) in [7, 11) is 0. The summed E-state index contributed by atoms with van der Waals surface area (Å²) in [6.07, 6.45) is 0. The van der Waals surface area contributed by atoms with E-state index in [0.717, 1.165) is 6.92 Å². The van der Waals surface area contributed by atoms with Crippen LogP contribution in [0.3, 0.4) is 0 Å². The van der Waals surface area contributed by atoms with E-state index in [4.69, 9.17) is 14.7 Å². The number of thiol groups is 1. The molecule has 7 N–H and O–H groups in total. The van der Waals surface area contributed by atoms with Gasteiger partial charge in [-0.3, -0.25) is 9.59 Å². The van der Waals surface area contributed by atoms with Crippen LogP contribution in [0.25, 0.3) is 0 Å². The summed E-state index contributed by atoms with van der Waals surface area (Å²) in [5, 5.41) is 7.42. The topological polar surface area (TPSA) is 124 Å². The molecule has 0 radical (unpaired) electrons. The standard InChI is InChI=1S/C2H4O2.CH2OS.2H3N/c1-2(3)4;2-1-3;;/h1H3,(H,3,4);1H,(H,2,3);2*1H3. The van der Waals surface area contributed by atoms with Gasteiger partial charge in [-0.25, -0.2) is 0 Å². The molecule has 0 bridgehead atoms. The van der Waals surface area contributed by atoms with Crippen LogP contribution in [0.15, 0.2) is 0 Å². The lowest BCUT2D eigenvalue weighted by atomic mass is 10.9. The summed E-state index contributed by atoms with van der Waals surface area (Å²) in [6, 6.07) is 0. The molecule has 5 nitrogen and oxygen atoms in total. The fraction of sp³-hybridized carbons (Fsp3) is 0.333. The molecule has 0 rings (SSSR count). The van der Waals surface area contributed by atoms with Crippen molar-refractivity contribution in [3.63, 3.8) is 0 Å². The summed E-state index contributed by atoms with van der Waals surface area (Å²) in [6.45, 7) is 1.08. The Morgan fingerprint density at radius 3 is 1.56 bits per heavy atom. The Kier molecular flexibility index (Phi) is 69.1. The number of carbonyl (C=O) groups is 2. The third-order valence-electron chi connectivity index (χ3n) is 0. The second-order valence-corrected chi connectivity index (χ2v) is 0.835. The van der Waals surface area contributed by atoms with E-state index in [-0.39, 0.29) is 12.3 Å². The van der Waals surface area contributed by atoms with Crippen LogP contribution >= 0.6 is 12.6 Å². The van der Waals surface area contributed by atoms with Crippen LogP contribution in [0.1, 0.15) is 6.92 Å². The van der Waals surface area contributed by atoms with Crippen molar-refractivity contribution in [3.8, 4) is 0 Å². The summed E-state index contributed by atoms with van der Waals surface area (Å²) in [5.74, 6) is -0.833. The molecule has 0 amide bonds. The molecule has 0 aromatic carbocycles. The lowest BCUT2D eigenvalue weighted by Gasteiger charge is -1.59. The fourth-order valence-electron chi connectivity index (χ4n) is 0. The average Bonchev–Trinajstić information content (AvgIpc) is 1.33. The first kappa shape index (κ1) is 23.7. The molecule has 0 aliphatic heterocycles. The molecule has 0 aliphatic carbocycles. The molecule has 58 valence electrons. The molecule has 0 unspecified atom stereocenters. The van der Waals surface area contributed by atoms with E-state index in [1.165, 1.54) is 0 Å². The Balaban J connectivity index is -0.0000000233. The quantitative estimate of drug-likeness (QED) is 0.300. The van der Waals surface area contributed by atoms with Gasteiger partial charge >= 0.3 is 0 Å². The van der Waals surface area contributed by atoms with Crippen LogP contribution < -0.4 is 12.3 Å². The first-order valence-electron chi connectivity index (χ1n) is 1.42. The molecular weight excluding hydrogens is 144 g/mol. The predicted molar refractivity (Wildman–Crippen MR) is 39.1 cm³/mol. The molecule has 0 heterocycles. The van der Waals surface area contributed by atoms with E-state index in [1.807, 2.05) is 0 Å². The Morgan fingerprint density at radius 1 is 1.56 bits per heavy atom. The van der Waals surface area contributed by atoms with Crippen molar-refractivity contribution in [3.05, 3.63) is 0 Å². The SMILES string of the molecule is CC(=O)O.N.N.O=CS. The van der Waals surface area contributed by atoms with Crippen molar-refractivity contribution in [2.75, 3.05) is 0 Å². The van der Waals surface area contributed by atoms with Gasteiger partial charge in [-0.1, -0.05) is 0 Å². The van der Waals surface area contributed by atoms with Crippen molar-refractivity contribution in [2.24, 2.45) is 0 Å². The van der Waals surface area contributed by atoms with Crippen molar-refractivity contribution in [1.29, 1.82) is 0 Å². The van der Waals surface area contributed by atoms with Crippen LogP contribution in [-0.4, -0.2) is 16.7 Å². The third-order valence-corrected chi connectivity index (χ3v) is 0. The number of carbonyl (C=O) groups excluding carboxylic acids is 1. The van der Waals surface area contributed by atoms with Crippen molar-refractivity contribution >= 4 is 24.2 Å². The number of rotatable bonds is 0. The lowest BCUT2D eigenvalue weighted by molar-refractivity contribution is -0.134. The third kappa shape index (κ3) is 623. The van der Waals surface area contributed by atoms with Crippen molar-refractivity contribution in [2.45, 2.75) is 6.92 Å². The zero-order valence-electron chi connectivity index (χ0n) is 5.20. The highest BCUT2D eigenvalue weighted by Gasteiger charge is 1.65. The first-order valence-corrected chi connectivity index (χ1v) is 1.94. The Labute approximate surface area is 59.0 Å². The van der Waals surface area contributed by atoms with Gasteiger partial charge in [0.25, 0.3) is 5.97 Å². The van der Waals surface area contributed by atoms with Gasteiger partial charge in [0, 0.05) is 6.92 Å². The molecule has 0 atom stereocenters. The highest BCUT2D eigenvalue weighted by atomic mass is 32.1. The Morgan fingerprint density at radius 2 is 1.56 bits per heavy atom. The summed E-state index contributed by atoms with van der Waals surface area (Å²) >= 11 is 3.11. The van der Waals surface area contributed by atoms with Gasteiger partial charge in [0.15, 0.2) is 5.62 Å². The van der Waals surface area contributed by atoms with Gasteiger partial charge in [-0.2, -0.15) is 0 Å². The largest absolute Gasteiger partial charge is 0.481 e. The highest BCUT2D eigenvalue weighted by molar-refractivity contribution is 7.94. The molecule has 0 aromatic rings. The molecular formula is C3H12N2O3S. The summed E-state index contributed by atoms with van der Waals surface area (Å²) < 4.78 is 0. The predicted octanol–water partition coefficient (Wildman–Crippen LogP) is 0.521. The summed E-state index contributed by atoms with van der Waals surface area (Å²) in [5.41, 5.74) is 0.444. The van der Waals surface area contributed by atoms with E-state index < -0.39 is 5.97 Å². The molecule has 6 heteroatoms. The van der Waals surface area contributed by atoms with Crippen LogP contribution in [0.5, 0.6) is 0 Å². The van der Waals surface area contributed by atoms with Gasteiger partial charge in [0.1, 0.15) is 0 Å². The molecule has 0 fully saturated rings. The molecule has 0 aromatic heterocycles. The minimum Gasteiger partial charge on any atom is -0.481 e. The van der Waals surface area contributed by atoms with Crippen molar-refractivity contribution in [1.82, 2.24) is 12.3 Å². The zero-order valence-corrected chi connectivity index (χ0v) is 6.10. The van der Waals surface area contributed by atoms with E-state index >= 15 is 0 Å². The number of carboxylic acids is 1. The Bertz CT molecular complexity index is 64.1. The maximum absolute atomic E-state index is 9.00. The number of carboxylic acid groups (broad SMARTS) is 1. The summed E-state index contributed by atoms with van der Waals surface area (Å²) in [4.78, 5) is 17.7. The molecule has 0 saturated carbocycles. The average molecular weight is 156 g/mol. The van der Waals surface area contributed by atoms with Crippen LogP contribution in [-0.2, 0) is 9.59 Å². The minimum absolute atomic E-state index is 0. The van der Waals surface area contributed by atoms with Gasteiger partial charge in [-0.05, 0) is 0 Å². The molecule has 0 aliphatic rings. The fourth-order valence-corrected chi connectivity index (χ4v) is 0. The van der Waals surface area contributed by atoms with E-state index in [9.17, 15) is 0 Å². The number of hydrogen-bond donors (Lipinski definition) is 4. The van der Waals surface area contributed by atoms with Crippen LogP contribution in [0.2, 0.25) is 0 Å². The number of aliphatic carboxylic acids is 1. The zero-order chi connectivity index (χ0) is 6.28. The van der Waals surface area contributed by atoms with Crippen LogP contribution in [0, 0.1) is 0 Å². The number of hydrogen-bond acceptors (Lipinski definition) is 4. The second-order valence-electron chi connectivity index (χ2n) is 0.624. The maximum atomic E-state index is 9.00. The molecule has 0 spiro atoms. The van der Waals surface area contributed by atoms with E-state index in [0.29, 0.717) is 5.62 Å². The van der Waals surface area contributed by atoms with E-state index in [2.05, 4.69) is 12.6 Å². The highest BCUT2D eigenvalue weighted by Crippen LogP contribution is 1.42. The Hall–Kier alpha value is -0.590. The van der Waals surface area contributed by atoms with Crippen LogP contribution in [0.4, 0.5) is 0 Å². The van der Waals surface area contributed by atoms with Crippen molar-refractivity contribution < 1.29 is 14.7 Å². The van der Waals surface area contributed by atoms with Gasteiger partial charge < -0.3 is 17.4 Å². The van der Waals surface area contributed by atoms with Gasteiger partial charge in [0.05, 0.1) is 0 Å². The lowest BCUT2D eigenvalue weighted by Crippen LogP contribution is -1.78. The monoisotopic (exact) mass is 156 g/mol. The van der Waals surface area contributed by atoms with E-state index in [1.54, 1.807) is 0 Å². The van der Waals surface area contributed by atoms with Gasteiger partial charge in [-0.15, -0.1) is 12.6 Å². The smallest absolute Gasteiger partial charge is 0.300 e. The minimum atomic E-state index is -0.833. The second kappa shape index (κ2) is 26.2. The normalized spacial score (nSPS) is 4.22. The molecule has 9 heavy (non-hydrogen) atoms. The maximum Gasteiger partial charge on any atom is 0.300 e. The molecule has 0 saturated heterocycles. The first-order chi connectivity index (χ1) is 3.15.